The van der Waals surface area contributed by atoms with Gasteiger partial charge in [-0.25, -0.2) is 0 Å². The van der Waals surface area contributed by atoms with E-state index in [0.717, 1.165) is 39.8 Å². The monoisotopic (exact) mass is 639 g/mol. The van der Waals surface area contributed by atoms with Crippen LogP contribution in [-0.4, -0.2) is 44.9 Å². The molecule has 7 aromatic rings. The average molecular weight is 640 g/mol. The number of hydrogen-bond acceptors (Lipinski definition) is 6. The molecule has 1 atom stereocenters. The molecule has 0 spiro atoms. The molecule has 3 heterocycles. The lowest BCUT2D eigenvalue weighted by molar-refractivity contribution is 0.0935. The molecule has 1 amide bonds. The van der Waals surface area contributed by atoms with E-state index in [4.69, 9.17) is 25.4 Å². The lowest BCUT2D eigenvalue weighted by Gasteiger charge is -2.21. The predicted molar refractivity (Wildman–Crippen MR) is 187 cm³/mol. The van der Waals surface area contributed by atoms with Gasteiger partial charge in [-0.15, -0.1) is 10.2 Å². The number of nitrogen functional groups attached to an aromatic ring is 1. The minimum atomic E-state index is -0.533. The van der Waals surface area contributed by atoms with Crippen LogP contribution in [0.1, 0.15) is 44.7 Å². The van der Waals surface area contributed by atoms with Crippen LogP contribution in [0.3, 0.4) is 0 Å². The molecule has 0 aliphatic rings. The summed E-state index contributed by atoms with van der Waals surface area (Å²) < 4.78 is 13.4. The van der Waals surface area contributed by atoms with E-state index in [1.165, 1.54) is 10.9 Å². The van der Waals surface area contributed by atoms with Crippen LogP contribution in [0.4, 0.5) is 5.69 Å². The summed E-state index contributed by atoms with van der Waals surface area (Å²) in [6.45, 7) is 0.423. The number of rotatable bonds is 12. The number of amides is 1. The Balaban J connectivity index is 1.30. The summed E-state index contributed by atoms with van der Waals surface area (Å²) >= 11 is 0. The Morgan fingerprint density at radius 3 is 2.23 bits per heavy atom. The molecular formula is C38H37N7O3. The first-order chi connectivity index (χ1) is 23.5. The number of nitrogens with two attached hydrogens (primary N) is 1. The van der Waals surface area contributed by atoms with Gasteiger partial charge in [-0.05, 0) is 53.9 Å². The first-order valence-electron chi connectivity index (χ1n) is 15.9. The third-order valence-corrected chi connectivity index (χ3v) is 8.89. The maximum Gasteiger partial charge on any atom is 0.253 e. The van der Waals surface area contributed by atoms with Crippen molar-refractivity contribution in [1.29, 1.82) is 0 Å². The fraction of sp³-hybridized carbons (Fsp3) is 0.184. The fourth-order valence-electron chi connectivity index (χ4n) is 6.37. The Hall–Kier alpha value is -6.03. The van der Waals surface area contributed by atoms with E-state index in [-0.39, 0.29) is 5.91 Å². The molecule has 3 aromatic heterocycles. The van der Waals surface area contributed by atoms with Crippen molar-refractivity contribution in [1.82, 2.24) is 30.0 Å². The molecule has 5 N–H and O–H groups in total. The Kier molecular flexibility index (Phi) is 8.53. The van der Waals surface area contributed by atoms with Gasteiger partial charge < -0.3 is 35.1 Å². The van der Waals surface area contributed by atoms with Crippen molar-refractivity contribution in [3.8, 4) is 11.5 Å². The number of carbonyl (C=O) groups excluding carboxylic acids is 1. The highest BCUT2D eigenvalue weighted by atomic mass is 16.5. The topological polar surface area (TPSA) is 136 Å². The number of fused-ring (bicyclic) bond motifs is 2. The number of aromatic amines is 2. The number of anilines is 1. The van der Waals surface area contributed by atoms with Crippen LogP contribution in [0.2, 0.25) is 0 Å². The van der Waals surface area contributed by atoms with Crippen molar-refractivity contribution >= 4 is 33.4 Å². The molecule has 0 aliphatic heterocycles. The molecule has 0 aliphatic carbocycles. The number of ether oxygens (including phenoxy) is 2. The second kappa shape index (κ2) is 13.4. The van der Waals surface area contributed by atoms with Gasteiger partial charge in [0.2, 0.25) is 0 Å². The summed E-state index contributed by atoms with van der Waals surface area (Å²) in [6, 6.07) is 28.7. The van der Waals surface area contributed by atoms with Crippen molar-refractivity contribution in [2.75, 3.05) is 20.0 Å². The zero-order valence-electron chi connectivity index (χ0n) is 26.9. The third-order valence-electron chi connectivity index (χ3n) is 8.89. The van der Waals surface area contributed by atoms with Crippen LogP contribution >= 0.6 is 0 Å². The average Bonchev–Trinajstić information content (AvgIpc) is 3.84. The molecule has 10 nitrogen and oxygen atoms in total. The van der Waals surface area contributed by atoms with Crippen LogP contribution in [0.25, 0.3) is 21.8 Å². The van der Waals surface area contributed by atoms with E-state index in [9.17, 15) is 4.79 Å². The van der Waals surface area contributed by atoms with Crippen molar-refractivity contribution in [2.24, 2.45) is 0 Å². The molecule has 242 valence electrons. The molecular weight excluding hydrogens is 602 g/mol. The standard InChI is InChI=1S/C38H37N7O3/c1-47-27-17-15-25(35(20-27)48-2)23-45-36(18-16-24-21-40-32-13-7-4-9-28(24)32)43-44-37(45)34(42-38(46)30-11-3-6-12-31(30)39)19-26-22-41-33-14-8-5-10-29(26)33/h3-15,17,20-22,34,40-41H,16,18-19,23,39H2,1-2H3,(H,42,46)/t34-/m1/s1. The van der Waals surface area contributed by atoms with Crippen LogP contribution in [0.5, 0.6) is 11.5 Å². The van der Waals surface area contributed by atoms with Crippen LogP contribution in [0, 0.1) is 0 Å². The Labute approximate surface area is 277 Å². The fourth-order valence-corrected chi connectivity index (χ4v) is 6.37. The second-order valence-electron chi connectivity index (χ2n) is 11.8. The largest absolute Gasteiger partial charge is 0.497 e. The first-order valence-corrected chi connectivity index (χ1v) is 15.9. The van der Waals surface area contributed by atoms with Gasteiger partial charge >= 0.3 is 0 Å². The van der Waals surface area contributed by atoms with Crippen LogP contribution in [-0.2, 0) is 25.8 Å². The summed E-state index contributed by atoms with van der Waals surface area (Å²) in [5.41, 5.74) is 12.3. The van der Waals surface area contributed by atoms with Crippen molar-refractivity contribution in [2.45, 2.75) is 31.8 Å². The van der Waals surface area contributed by atoms with Gasteiger partial charge in [-0.3, -0.25) is 4.79 Å². The maximum atomic E-state index is 13.8. The Bertz CT molecular complexity index is 2210. The normalized spacial score (nSPS) is 12.0. The first kappa shape index (κ1) is 30.6. The van der Waals surface area contributed by atoms with E-state index >= 15 is 0 Å². The number of methoxy groups -OCH3 is 2. The molecule has 0 saturated carbocycles. The summed E-state index contributed by atoms with van der Waals surface area (Å²) in [5.74, 6) is 2.53. The number of nitrogens with one attached hydrogen (secondary N) is 3. The minimum absolute atomic E-state index is 0.283. The third kappa shape index (κ3) is 6.07. The summed E-state index contributed by atoms with van der Waals surface area (Å²) in [4.78, 5) is 20.5. The Morgan fingerprint density at radius 2 is 1.50 bits per heavy atom. The number of para-hydroxylation sites is 3. The molecule has 0 unspecified atom stereocenters. The molecule has 0 fully saturated rings. The van der Waals surface area contributed by atoms with Gasteiger partial charge in [0.25, 0.3) is 5.91 Å². The zero-order valence-corrected chi connectivity index (χ0v) is 26.9. The van der Waals surface area contributed by atoms with E-state index in [1.807, 2.05) is 60.8 Å². The summed E-state index contributed by atoms with van der Waals surface area (Å²) in [6.07, 6.45) is 5.91. The lowest BCUT2D eigenvalue weighted by atomic mass is 10.0. The maximum absolute atomic E-state index is 13.8. The van der Waals surface area contributed by atoms with Crippen LogP contribution < -0.4 is 20.5 Å². The van der Waals surface area contributed by atoms with Gasteiger partial charge in [-0.1, -0.05) is 48.5 Å². The highest BCUT2D eigenvalue weighted by Crippen LogP contribution is 2.30. The highest BCUT2D eigenvalue weighted by molar-refractivity contribution is 5.99. The summed E-state index contributed by atoms with van der Waals surface area (Å²) in [7, 11) is 3.28. The smallest absolute Gasteiger partial charge is 0.253 e. The summed E-state index contributed by atoms with van der Waals surface area (Å²) in [5, 5.41) is 15.1. The number of benzene rings is 4. The van der Waals surface area contributed by atoms with E-state index < -0.39 is 6.04 Å². The van der Waals surface area contributed by atoms with Crippen LogP contribution in [0.15, 0.2) is 103 Å². The van der Waals surface area contributed by atoms with E-state index in [2.05, 4.69) is 44.2 Å². The van der Waals surface area contributed by atoms with Crippen molar-refractivity contribution in [3.63, 3.8) is 0 Å². The van der Waals surface area contributed by atoms with Gasteiger partial charge in [0.1, 0.15) is 17.3 Å². The molecule has 0 bridgehead atoms. The number of aryl methyl sites for hydroxylation is 2. The highest BCUT2D eigenvalue weighted by Gasteiger charge is 2.26. The minimum Gasteiger partial charge on any atom is -0.497 e. The second-order valence-corrected chi connectivity index (χ2v) is 11.8. The Morgan fingerprint density at radius 1 is 0.812 bits per heavy atom. The molecule has 0 radical (unpaired) electrons. The number of hydrogen-bond donors (Lipinski definition) is 4. The molecule has 48 heavy (non-hydrogen) atoms. The van der Waals surface area contributed by atoms with Gasteiger partial charge in [0, 0.05) is 64.4 Å². The van der Waals surface area contributed by atoms with Gasteiger partial charge in [0.05, 0.1) is 32.4 Å². The van der Waals surface area contributed by atoms with E-state index in [0.29, 0.717) is 48.0 Å². The predicted octanol–water partition coefficient (Wildman–Crippen LogP) is 6.39. The molecule has 10 heteroatoms. The van der Waals surface area contributed by atoms with Gasteiger partial charge in [-0.2, -0.15) is 0 Å². The number of H-pyrrole nitrogens is 2. The van der Waals surface area contributed by atoms with Crippen molar-refractivity contribution < 1.29 is 14.3 Å². The lowest BCUT2D eigenvalue weighted by Crippen LogP contribution is -2.33. The SMILES string of the molecule is COc1ccc(Cn2c(CCc3c[nH]c4ccccc34)nnc2[C@@H](Cc2c[nH]c3ccccc23)NC(=O)c2ccccc2N)c(OC)c1. The molecule has 7 rings (SSSR count). The molecule has 0 saturated heterocycles. The molecule has 4 aromatic carbocycles. The number of nitrogens with zero attached hydrogens (tertiary/aromatic N) is 3. The number of aromatic nitrogens is 5. The van der Waals surface area contributed by atoms with E-state index in [1.54, 1.807) is 32.4 Å². The quantitative estimate of drug-likeness (QED) is 0.115. The number of carbonyl (C=O) groups is 1. The zero-order chi connectivity index (χ0) is 33.0. The van der Waals surface area contributed by atoms with Crippen molar-refractivity contribution in [3.05, 3.63) is 137 Å². The van der Waals surface area contributed by atoms with Gasteiger partial charge in [0.15, 0.2) is 5.82 Å².